The van der Waals surface area contributed by atoms with Gasteiger partial charge in [-0.05, 0) is 66.8 Å². The van der Waals surface area contributed by atoms with E-state index in [9.17, 15) is 9.59 Å². The molecule has 0 spiro atoms. The third-order valence-corrected chi connectivity index (χ3v) is 6.36. The zero-order valence-electron chi connectivity index (χ0n) is 18.8. The molecule has 1 fully saturated rings. The Morgan fingerprint density at radius 3 is 2.03 bits per heavy atom. The van der Waals surface area contributed by atoms with Crippen LogP contribution in [-0.2, 0) is 16.0 Å². The summed E-state index contributed by atoms with van der Waals surface area (Å²) in [6.07, 6.45) is 3.34. The van der Waals surface area contributed by atoms with Crippen LogP contribution in [0.3, 0.4) is 0 Å². The van der Waals surface area contributed by atoms with Crippen molar-refractivity contribution in [1.82, 2.24) is 0 Å². The van der Waals surface area contributed by atoms with Crippen molar-refractivity contribution < 1.29 is 9.59 Å². The van der Waals surface area contributed by atoms with Gasteiger partial charge in [-0.15, -0.1) is 0 Å². The monoisotopic (exact) mass is 437 g/mol. The van der Waals surface area contributed by atoms with Crippen LogP contribution < -0.4 is 15.1 Å². The Bertz CT molecular complexity index is 1190. The zero-order chi connectivity index (χ0) is 22.8. The van der Waals surface area contributed by atoms with Gasteiger partial charge in [-0.1, -0.05) is 49.4 Å². The number of carbonyl (C=O) groups excluding carboxylic acids is 2. The van der Waals surface area contributed by atoms with Gasteiger partial charge in [0.1, 0.15) is 5.70 Å². The fraction of sp³-hybridized carbons (Fsp3) is 0.214. The van der Waals surface area contributed by atoms with Gasteiger partial charge in [-0.3, -0.25) is 9.59 Å². The van der Waals surface area contributed by atoms with Crippen LogP contribution in [0.25, 0.3) is 5.57 Å². The van der Waals surface area contributed by atoms with Gasteiger partial charge in [0.15, 0.2) is 0 Å². The van der Waals surface area contributed by atoms with Crippen LogP contribution in [0.4, 0.5) is 17.1 Å². The van der Waals surface area contributed by atoms with Crippen LogP contribution >= 0.6 is 0 Å². The third kappa shape index (κ3) is 4.02. The Labute approximate surface area is 194 Å². The predicted molar refractivity (Wildman–Crippen MR) is 133 cm³/mol. The van der Waals surface area contributed by atoms with E-state index < -0.39 is 0 Å². The molecule has 0 atom stereocenters. The number of anilines is 3. The molecule has 1 saturated heterocycles. The first-order chi connectivity index (χ1) is 16.2. The maximum atomic E-state index is 13.6. The first kappa shape index (κ1) is 21.0. The Morgan fingerprint density at radius 1 is 0.758 bits per heavy atom. The summed E-state index contributed by atoms with van der Waals surface area (Å²) in [5, 5.41) is 3.24. The number of hydrogen-bond acceptors (Lipinski definition) is 4. The van der Waals surface area contributed by atoms with Crippen molar-refractivity contribution in [2.45, 2.75) is 26.2 Å². The van der Waals surface area contributed by atoms with E-state index in [1.807, 2.05) is 78.9 Å². The quantitative estimate of drug-likeness (QED) is 0.536. The van der Waals surface area contributed by atoms with Gasteiger partial charge in [0, 0.05) is 24.5 Å². The molecular weight excluding hydrogens is 410 g/mol. The SMILES string of the molecule is CCc1ccc(NC2=C(c3ccccc3)C(=O)N(c3ccc(N4CCCC4)cc3)C2=O)cc1. The van der Waals surface area contributed by atoms with Crippen molar-refractivity contribution >= 4 is 34.4 Å². The number of imide groups is 1. The first-order valence-corrected chi connectivity index (χ1v) is 11.5. The topological polar surface area (TPSA) is 52.7 Å². The highest BCUT2D eigenvalue weighted by atomic mass is 16.2. The molecule has 5 heteroatoms. The third-order valence-electron chi connectivity index (χ3n) is 6.36. The largest absolute Gasteiger partial charge is 0.372 e. The van der Waals surface area contributed by atoms with Crippen molar-refractivity contribution in [3.05, 3.63) is 95.7 Å². The summed E-state index contributed by atoms with van der Waals surface area (Å²) in [4.78, 5) is 30.7. The summed E-state index contributed by atoms with van der Waals surface area (Å²) in [6.45, 7) is 4.20. The van der Waals surface area contributed by atoms with Crippen LogP contribution in [0.5, 0.6) is 0 Å². The molecule has 2 amide bonds. The van der Waals surface area contributed by atoms with E-state index in [0.29, 0.717) is 17.0 Å². The molecule has 2 heterocycles. The second-order valence-electron chi connectivity index (χ2n) is 8.45. The zero-order valence-corrected chi connectivity index (χ0v) is 18.8. The maximum Gasteiger partial charge on any atom is 0.282 e. The molecule has 33 heavy (non-hydrogen) atoms. The van der Waals surface area contributed by atoms with Gasteiger partial charge in [0.25, 0.3) is 11.8 Å². The van der Waals surface area contributed by atoms with Crippen molar-refractivity contribution in [3.63, 3.8) is 0 Å². The number of rotatable bonds is 6. The average Bonchev–Trinajstić information content (AvgIpc) is 3.47. The normalized spacial score (nSPS) is 16.2. The van der Waals surface area contributed by atoms with Gasteiger partial charge in [-0.2, -0.15) is 0 Å². The number of hydrogen-bond donors (Lipinski definition) is 1. The van der Waals surface area contributed by atoms with Crippen molar-refractivity contribution in [2.24, 2.45) is 0 Å². The van der Waals surface area contributed by atoms with E-state index in [2.05, 4.69) is 17.1 Å². The molecule has 166 valence electrons. The van der Waals surface area contributed by atoms with Gasteiger partial charge in [0.2, 0.25) is 0 Å². The lowest BCUT2D eigenvalue weighted by Crippen LogP contribution is -2.32. The maximum absolute atomic E-state index is 13.6. The number of nitrogens with one attached hydrogen (secondary N) is 1. The van der Waals surface area contributed by atoms with Crippen LogP contribution in [0.1, 0.15) is 30.9 Å². The highest BCUT2D eigenvalue weighted by Gasteiger charge is 2.40. The molecule has 0 aromatic heterocycles. The highest BCUT2D eigenvalue weighted by Crippen LogP contribution is 2.34. The molecule has 2 aliphatic heterocycles. The molecule has 1 N–H and O–H groups in total. The van der Waals surface area contributed by atoms with Crippen LogP contribution in [0, 0.1) is 0 Å². The smallest absolute Gasteiger partial charge is 0.282 e. The number of amides is 2. The van der Waals surface area contributed by atoms with Gasteiger partial charge in [-0.25, -0.2) is 4.90 Å². The first-order valence-electron chi connectivity index (χ1n) is 11.5. The minimum atomic E-state index is -0.340. The van der Waals surface area contributed by atoms with Crippen LogP contribution in [-0.4, -0.2) is 24.9 Å². The predicted octanol–water partition coefficient (Wildman–Crippen LogP) is 5.25. The summed E-state index contributed by atoms with van der Waals surface area (Å²) < 4.78 is 0. The van der Waals surface area contributed by atoms with Gasteiger partial charge < -0.3 is 10.2 Å². The molecule has 0 aliphatic carbocycles. The van der Waals surface area contributed by atoms with Crippen molar-refractivity contribution in [3.8, 4) is 0 Å². The molecule has 5 rings (SSSR count). The molecule has 0 bridgehead atoms. The standard InChI is InChI=1S/C28H27N3O2/c1-2-20-10-12-22(13-11-20)29-26-25(21-8-4-3-5-9-21)27(32)31(28(26)33)24-16-14-23(15-17-24)30-18-6-7-19-30/h3-5,8-17,29H,2,6-7,18-19H2,1H3. The number of benzene rings is 3. The van der Waals surface area contributed by atoms with E-state index in [4.69, 9.17) is 0 Å². The van der Waals surface area contributed by atoms with E-state index in [0.717, 1.165) is 36.4 Å². The van der Waals surface area contributed by atoms with Crippen LogP contribution in [0.15, 0.2) is 84.6 Å². The Morgan fingerprint density at radius 2 is 1.39 bits per heavy atom. The Kier molecular flexibility index (Phi) is 5.69. The fourth-order valence-electron chi connectivity index (χ4n) is 4.51. The Hall–Kier alpha value is -3.86. The molecular formula is C28H27N3O2. The van der Waals surface area contributed by atoms with Crippen molar-refractivity contribution in [2.75, 3.05) is 28.2 Å². The summed E-state index contributed by atoms with van der Waals surface area (Å²) in [6, 6.07) is 25.1. The minimum absolute atomic E-state index is 0.305. The lowest BCUT2D eigenvalue weighted by Gasteiger charge is -2.20. The van der Waals surface area contributed by atoms with E-state index in [1.165, 1.54) is 23.3 Å². The van der Waals surface area contributed by atoms with Gasteiger partial charge >= 0.3 is 0 Å². The summed E-state index contributed by atoms with van der Waals surface area (Å²) in [5.41, 5.74) is 5.12. The van der Waals surface area contributed by atoms with Crippen LogP contribution in [0.2, 0.25) is 0 Å². The summed E-state index contributed by atoms with van der Waals surface area (Å²) in [7, 11) is 0. The second kappa shape index (κ2) is 8.94. The van der Waals surface area contributed by atoms with E-state index in [1.54, 1.807) is 0 Å². The highest BCUT2D eigenvalue weighted by molar-refractivity contribution is 6.46. The molecule has 2 aliphatic rings. The van der Waals surface area contributed by atoms with Gasteiger partial charge in [0.05, 0.1) is 11.3 Å². The molecule has 3 aromatic rings. The number of carbonyl (C=O) groups is 2. The Balaban J connectivity index is 1.49. The molecule has 0 saturated carbocycles. The molecule has 0 radical (unpaired) electrons. The summed E-state index contributed by atoms with van der Waals surface area (Å²) in [5.74, 6) is -0.653. The number of nitrogens with zero attached hydrogens (tertiary/aromatic N) is 2. The molecule has 5 nitrogen and oxygen atoms in total. The van der Waals surface area contributed by atoms with Crippen molar-refractivity contribution in [1.29, 1.82) is 0 Å². The fourth-order valence-corrected chi connectivity index (χ4v) is 4.51. The lowest BCUT2D eigenvalue weighted by atomic mass is 10.0. The number of aryl methyl sites for hydroxylation is 1. The summed E-state index contributed by atoms with van der Waals surface area (Å²) >= 11 is 0. The second-order valence-corrected chi connectivity index (χ2v) is 8.45. The average molecular weight is 438 g/mol. The minimum Gasteiger partial charge on any atom is -0.372 e. The lowest BCUT2D eigenvalue weighted by molar-refractivity contribution is -0.120. The van der Waals surface area contributed by atoms with E-state index >= 15 is 0 Å². The molecule has 3 aromatic carbocycles. The van der Waals surface area contributed by atoms with E-state index in [-0.39, 0.29) is 11.8 Å². The molecule has 0 unspecified atom stereocenters.